The van der Waals surface area contributed by atoms with Gasteiger partial charge in [0.25, 0.3) is 0 Å². The molecule has 2 rings (SSSR count). The second-order valence-electron chi connectivity index (χ2n) is 2.85. The van der Waals surface area contributed by atoms with Crippen molar-refractivity contribution in [1.29, 1.82) is 0 Å². The van der Waals surface area contributed by atoms with Gasteiger partial charge >= 0.3 is 0 Å². The molecule has 0 fully saturated rings. The fourth-order valence-corrected chi connectivity index (χ4v) is 1.44. The Morgan fingerprint density at radius 3 is 2.73 bits per heavy atom. The lowest BCUT2D eigenvalue weighted by molar-refractivity contribution is -0.117. The smallest absolute Gasteiger partial charge is 0.141 e. The van der Waals surface area contributed by atoms with E-state index in [9.17, 15) is 4.79 Å². The van der Waals surface area contributed by atoms with Crippen molar-refractivity contribution >= 4 is 5.78 Å². The highest BCUT2D eigenvalue weighted by Gasteiger charge is 2.17. The molecular formula is C9H8O2. The molecule has 0 saturated heterocycles. The van der Waals surface area contributed by atoms with Crippen LogP contribution >= 0.6 is 0 Å². The van der Waals surface area contributed by atoms with Gasteiger partial charge in [0, 0.05) is 12.8 Å². The third-order valence-corrected chi connectivity index (χ3v) is 1.97. The van der Waals surface area contributed by atoms with Gasteiger partial charge in [-0.2, -0.15) is 0 Å². The predicted molar refractivity (Wildman–Crippen MR) is 40.5 cm³/mol. The largest absolute Gasteiger partial charge is 0.508 e. The van der Waals surface area contributed by atoms with Crippen molar-refractivity contribution in [2.75, 3.05) is 0 Å². The second kappa shape index (κ2) is 2.09. The predicted octanol–water partition coefficient (Wildman–Crippen LogP) is 1.06. The fourth-order valence-electron chi connectivity index (χ4n) is 1.44. The molecule has 0 aliphatic heterocycles. The van der Waals surface area contributed by atoms with E-state index in [0.29, 0.717) is 12.8 Å². The SMILES string of the molecule is O=C1Cc2ccc(O)cc2C1. The molecule has 0 bridgehead atoms. The number of carbonyl (C=O) groups is 1. The van der Waals surface area contributed by atoms with Crippen LogP contribution in [-0.4, -0.2) is 10.9 Å². The average molecular weight is 148 g/mol. The first-order chi connectivity index (χ1) is 5.25. The maximum atomic E-state index is 10.9. The van der Waals surface area contributed by atoms with E-state index in [0.717, 1.165) is 11.1 Å². The molecule has 0 heterocycles. The van der Waals surface area contributed by atoms with Crippen molar-refractivity contribution in [1.82, 2.24) is 0 Å². The van der Waals surface area contributed by atoms with Gasteiger partial charge < -0.3 is 5.11 Å². The normalized spacial score (nSPS) is 15.1. The highest BCUT2D eigenvalue weighted by molar-refractivity contribution is 5.88. The molecule has 1 aromatic rings. The monoisotopic (exact) mass is 148 g/mol. The summed E-state index contributed by atoms with van der Waals surface area (Å²) in [6, 6.07) is 5.10. The molecule has 11 heavy (non-hydrogen) atoms. The number of hydrogen-bond donors (Lipinski definition) is 1. The van der Waals surface area contributed by atoms with Gasteiger partial charge in [0.1, 0.15) is 11.5 Å². The zero-order valence-electron chi connectivity index (χ0n) is 6.00. The number of benzene rings is 1. The van der Waals surface area contributed by atoms with Gasteiger partial charge in [-0.05, 0) is 23.3 Å². The summed E-state index contributed by atoms with van der Waals surface area (Å²) >= 11 is 0. The number of carbonyl (C=O) groups excluding carboxylic acids is 1. The molecule has 2 heteroatoms. The summed E-state index contributed by atoms with van der Waals surface area (Å²) in [5.41, 5.74) is 2.04. The number of aromatic hydroxyl groups is 1. The van der Waals surface area contributed by atoms with E-state index >= 15 is 0 Å². The number of phenols is 1. The van der Waals surface area contributed by atoms with E-state index in [2.05, 4.69) is 0 Å². The summed E-state index contributed by atoms with van der Waals surface area (Å²) in [6.07, 6.45) is 1.03. The molecule has 0 saturated carbocycles. The van der Waals surface area contributed by atoms with Crippen LogP contribution in [-0.2, 0) is 17.6 Å². The molecule has 0 aromatic heterocycles. The zero-order chi connectivity index (χ0) is 7.84. The van der Waals surface area contributed by atoms with Crippen LogP contribution in [0.1, 0.15) is 11.1 Å². The Hall–Kier alpha value is -1.31. The van der Waals surface area contributed by atoms with Gasteiger partial charge in [-0.25, -0.2) is 0 Å². The van der Waals surface area contributed by atoms with Gasteiger partial charge in [0.15, 0.2) is 0 Å². The van der Waals surface area contributed by atoms with E-state index in [1.807, 2.05) is 6.07 Å². The van der Waals surface area contributed by atoms with Gasteiger partial charge in [-0.3, -0.25) is 4.79 Å². The molecule has 1 aliphatic rings. The molecule has 0 unspecified atom stereocenters. The van der Waals surface area contributed by atoms with Crippen LogP contribution in [0.15, 0.2) is 18.2 Å². The Bertz CT molecular complexity index is 315. The second-order valence-corrected chi connectivity index (χ2v) is 2.85. The molecule has 1 aromatic carbocycles. The van der Waals surface area contributed by atoms with Crippen LogP contribution in [0, 0.1) is 0 Å². The molecule has 0 amide bonds. The number of rotatable bonds is 0. The van der Waals surface area contributed by atoms with Crippen molar-refractivity contribution < 1.29 is 9.90 Å². The number of hydrogen-bond acceptors (Lipinski definition) is 2. The number of ketones is 1. The first-order valence-corrected chi connectivity index (χ1v) is 3.58. The molecule has 1 aliphatic carbocycles. The van der Waals surface area contributed by atoms with Crippen molar-refractivity contribution in [2.24, 2.45) is 0 Å². The minimum Gasteiger partial charge on any atom is -0.508 e. The van der Waals surface area contributed by atoms with E-state index in [-0.39, 0.29) is 11.5 Å². The van der Waals surface area contributed by atoms with Crippen molar-refractivity contribution in [3.05, 3.63) is 29.3 Å². The van der Waals surface area contributed by atoms with Crippen molar-refractivity contribution in [2.45, 2.75) is 12.8 Å². The molecule has 2 nitrogen and oxygen atoms in total. The van der Waals surface area contributed by atoms with Crippen LogP contribution in [0.5, 0.6) is 5.75 Å². The maximum Gasteiger partial charge on any atom is 0.141 e. The third kappa shape index (κ3) is 1.00. The molecule has 0 radical (unpaired) electrons. The molecule has 0 spiro atoms. The summed E-state index contributed by atoms with van der Waals surface area (Å²) in [5.74, 6) is 0.490. The standard InChI is InChI=1S/C9H8O2/c10-8-2-1-6-3-9(11)5-7(6)4-8/h1-2,4,10H,3,5H2. The Balaban J connectivity index is 2.51. The summed E-state index contributed by atoms with van der Waals surface area (Å²) in [7, 11) is 0. The molecule has 1 N–H and O–H groups in total. The van der Waals surface area contributed by atoms with Crippen LogP contribution < -0.4 is 0 Å². The van der Waals surface area contributed by atoms with Crippen LogP contribution in [0.3, 0.4) is 0 Å². The number of Topliss-reactive ketones (excluding diaryl/α,β-unsaturated/α-hetero) is 1. The summed E-state index contributed by atoms with van der Waals surface area (Å²) in [4.78, 5) is 10.9. The van der Waals surface area contributed by atoms with Crippen LogP contribution in [0.25, 0.3) is 0 Å². The van der Waals surface area contributed by atoms with Crippen molar-refractivity contribution in [3.63, 3.8) is 0 Å². The quantitative estimate of drug-likeness (QED) is 0.597. The fraction of sp³-hybridized carbons (Fsp3) is 0.222. The third-order valence-electron chi connectivity index (χ3n) is 1.97. The van der Waals surface area contributed by atoms with Crippen LogP contribution in [0.2, 0.25) is 0 Å². The number of phenolic OH excluding ortho intramolecular Hbond substituents is 1. The van der Waals surface area contributed by atoms with E-state index < -0.39 is 0 Å². The summed E-state index contributed by atoms with van der Waals surface area (Å²) in [5, 5.41) is 9.07. The summed E-state index contributed by atoms with van der Waals surface area (Å²) < 4.78 is 0. The molecule has 0 atom stereocenters. The minimum atomic E-state index is 0.241. The first kappa shape index (κ1) is 6.40. The van der Waals surface area contributed by atoms with Gasteiger partial charge in [-0.1, -0.05) is 6.07 Å². The lowest BCUT2D eigenvalue weighted by atomic mass is 10.1. The lowest BCUT2D eigenvalue weighted by Crippen LogP contribution is -1.92. The Morgan fingerprint density at radius 1 is 1.18 bits per heavy atom. The Labute approximate surface area is 64.5 Å². The van der Waals surface area contributed by atoms with Crippen molar-refractivity contribution in [3.8, 4) is 5.75 Å². The first-order valence-electron chi connectivity index (χ1n) is 3.58. The lowest BCUT2D eigenvalue weighted by Gasteiger charge is -1.96. The highest BCUT2D eigenvalue weighted by atomic mass is 16.3. The van der Waals surface area contributed by atoms with E-state index in [4.69, 9.17) is 5.11 Å². The molecular weight excluding hydrogens is 140 g/mol. The van der Waals surface area contributed by atoms with Gasteiger partial charge in [0.05, 0.1) is 0 Å². The number of fused-ring (bicyclic) bond motifs is 1. The van der Waals surface area contributed by atoms with Crippen LogP contribution in [0.4, 0.5) is 0 Å². The zero-order valence-corrected chi connectivity index (χ0v) is 6.00. The van der Waals surface area contributed by atoms with Gasteiger partial charge in [-0.15, -0.1) is 0 Å². The van der Waals surface area contributed by atoms with Gasteiger partial charge in [0.2, 0.25) is 0 Å². The topological polar surface area (TPSA) is 37.3 Å². The maximum absolute atomic E-state index is 10.9. The minimum absolute atomic E-state index is 0.241. The molecule has 56 valence electrons. The van der Waals surface area contributed by atoms with E-state index in [1.54, 1.807) is 12.1 Å². The average Bonchev–Trinajstić information content (AvgIpc) is 2.27. The Kier molecular flexibility index (Phi) is 1.22. The van der Waals surface area contributed by atoms with E-state index in [1.165, 1.54) is 0 Å². The summed E-state index contributed by atoms with van der Waals surface area (Å²) in [6.45, 7) is 0. The highest BCUT2D eigenvalue weighted by Crippen LogP contribution is 2.23. The Morgan fingerprint density at radius 2 is 1.91 bits per heavy atom.